The summed E-state index contributed by atoms with van der Waals surface area (Å²) in [7, 11) is 0. The normalized spacial score (nSPS) is 10.3. The van der Waals surface area contributed by atoms with E-state index in [1.54, 1.807) is 6.92 Å². The smallest absolute Gasteiger partial charge is 0.350 e. The number of rotatable bonds is 3. The standard InChI is InChI=1S/C12H12N2O3S/c1-2-17-11(15)10-9(14-12(13)16)7-5-3-4-6-8(7)18-10/h3-6H,2H2,1H3,(H3,13,14,16). The molecular formula is C12H12N2O3S. The average molecular weight is 264 g/mol. The van der Waals surface area contributed by atoms with Crippen LogP contribution in [0.1, 0.15) is 16.6 Å². The third kappa shape index (κ3) is 2.28. The number of benzene rings is 1. The molecule has 1 aromatic carbocycles. The van der Waals surface area contributed by atoms with Crippen molar-refractivity contribution in [1.82, 2.24) is 0 Å². The lowest BCUT2D eigenvalue weighted by molar-refractivity contribution is 0.0533. The molecule has 6 heteroatoms. The fourth-order valence-electron chi connectivity index (χ4n) is 1.63. The van der Waals surface area contributed by atoms with Crippen LogP contribution in [0.4, 0.5) is 10.5 Å². The van der Waals surface area contributed by atoms with Gasteiger partial charge in [0, 0.05) is 10.1 Å². The fourth-order valence-corrected chi connectivity index (χ4v) is 2.69. The Kier molecular flexibility index (Phi) is 3.47. The fraction of sp³-hybridized carbons (Fsp3) is 0.167. The van der Waals surface area contributed by atoms with Crippen LogP contribution >= 0.6 is 11.3 Å². The van der Waals surface area contributed by atoms with E-state index in [4.69, 9.17) is 10.5 Å². The molecule has 0 aliphatic rings. The third-order valence-corrected chi connectivity index (χ3v) is 3.46. The van der Waals surface area contributed by atoms with Gasteiger partial charge in [0.25, 0.3) is 0 Å². The molecular weight excluding hydrogens is 252 g/mol. The summed E-state index contributed by atoms with van der Waals surface area (Å²) in [4.78, 5) is 23.2. The molecule has 0 aliphatic carbocycles. The van der Waals surface area contributed by atoms with E-state index in [0.717, 1.165) is 10.1 Å². The number of hydrogen-bond acceptors (Lipinski definition) is 4. The van der Waals surface area contributed by atoms with Crippen molar-refractivity contribution in [3.8, 4) is 0 Å². The second kappa shape index (κ2) is 5.05. The van der Waals surface area contributed by atoms with Crippen molar-refractivity contribution in [3.05, 3.63) is 29.1 Å². The van der Waals surface area contributed by atoms with E-state index in [9.17, 15) is 9.59 Å². The lowest BCUT2D eigenvalue weighted by atomic mass is 10.2. The monoisotopic (exact) mass is 264 g/mol. The highest BCUT2D eigenvalue weighted by molar-refractivity contribution is 7.21. The van der Waals surface area contributed by atoms with Gasteiger partial charge in [-0.1, -0.05) is 18.2 Å². The van der Waals surface area contributed by atoms with Gasteiger partial charge < -0.3 is 15.8 Å². The van der Waals surface area contributed by atoms with Gasteiger partial charge in [0.05, 0.1) is 12.3 Å². The summed E-state index contributed by atoms with van der Waals surface area (Å²) >= 11 is 1.27. The maximum Gasteiger partial charge on any atom is 0.350 e. The number of esters is 1. The average Bonchev–Trinajstić information content (AvgIpc) is 2.68. The Labute approximate surface area is 108 Å². The molecule has 0 spiro atoms. The molecule has 0 saturated carbocycles. The largest absolute Gasteiger partial charge is 0.462 e. The first kappa shape index (κ1) is 12.4. The molecule has 5 nitrogen and oxygen atoms in total. The Bertz CT molecular complexity index is 606. The summed E-state index contributed by atoms with van der Waals surface area (Å²) in [6.07, 6.45) is 0. The van der Waals surface area contributed by atoms with Crippen LogP contribution in [0.3, 0.4) is 0 Å². The molecule has 1 aromatic heterocycles. The van der Waals surface area contributed by atoms with Crippen LogP contribution in [-0.2, 0) is 4.74 Å². The van der Waals surface area contributed by atoms with Gasteiger partial charge in [0.2, 0.25) is 0 Å². The Morgan fingerprint density at radius 1 is 1.39 bits per heavy atom. The molecule has 18 heavy (non-hydrogen) atoms. The van der Waals surface area contributed by atoms with E-state index < -0.39 is 12.0 Å². The zero-order valence-electron chi connectivity index (χ0n) is 9.73. The molecule has 94 valence electrons. The minimum absolute atomic E-state index is 0.281. The van der Waals surface area contributed by atoms with E-state index in [2.05, 4.69) is 5.32 Å². The second-order valence-electron chi connectivity index (χ2n) is 3.51. The first-order valence-electron chi connectivity index (χ1n) is 5.38. The van der Waals surface area contributed by atoms with Crippen molar-refractivity contribution >= 4 is 39.1 Å². The Hall–Kier alpha value is -2.08. The van der Waals surface area contributed by atoms with E-state index >= 15 is 0 Å². The quantitative estimate of drug-likeness (QED) is 0.836. The van der Waals surface area contributed by atoms with Crippen molar-refractivity contribution in [1.29, 1.82) is 0 Å². The van der Waals surface area contributed by atoms with Crippen molar-refractivity contribution in [2.45, 2.75) is 6.92 Å². The van der Waals surface area contributed by atoms with Gasteiger partial charge in [0.15, 0.2) is 0 Å². The molecule has 0 unspecified atom stereocenters. The number of fused-ring (bicyclic) bond motifs is 1. The van der Waals surface area contributed by atoms with Crippen molar-refractivity contribution < 1.29 is 14.3 Å². The Morgan fingerprint density at radius 3 is 2.78 bits per heavy atom. The molecule has 0 fully saturated rings. The minimum atomic E-state index is -0.705. The number of anilines is 1. The predicted octanol–water partition coefficient (Wildman–Crippen LogP) is 2.57. The highest BCUT2D eigenvalue weighted by atomic mass is 32.1. The van der Waals surface area contributed by atoms with Gasteiger partial charge in [0.1, 0.15) is 4.88 Å². The number of carbonyl (C=O) groups excluding carboxylic acids is 2. The summed E-state index contributed by atoms with van der Waals surface area (Å²) in [5.74, 6) is -0.456. The zero-order valence-corrected chi connectivity index (χ0v) is 10.5. The van der Waals surface area contributed by atoms with Crippen LogP contribution < -0.4 is 11.1 Å². The first-order valence-corrected chi connectivity index (χ1v) is 6.20. The number of urea groups is 1. The maximum atomic E-state index is 11.8. The van der Waals surface area contributed by atoms with Gasteiger partial charge in [-0.15, -0.1) is 11.3 Å². The number of ether oxygens (including phenoxy) is 1. The number of hydrogen-bond donors (Lipinski definition) is 2. The Morgan fingerprint density at radius 2 is 2.11 bits per heavy atom. The predicted molar refractivity (Wildman–Crippen MR) is 71.0 cm³/mol. The van der Waals surface area contributed by atoms with Crippen LogP contribution in [0, 0.1) is 0 Å². The molecule has 2 rings (SSSR count). The molecule has 0 radical (unpaired) electrons. The number of nitrogens with one attached hydrogen (secondary N) is 1. The minimum Gasteiger partial charge on any atom is -0.462 e. The summed E-state index contributed by atoms with van der Waals surface area (Å²) < 4.78 is 5.85. The number of primary amides is 1. The molecule has 3 N–H and O–H groups in total. The second-order valence-corrected chi connectivity index (χ2v) is 4.56. The molecule has 0 aliphatic heterocycles. The molecule has 0 saturated heterocycles. The van der Waals surface area contributed by atoms with Gasteiger partial charge >= 0.3 is 12.0 Å². The summed E-state index contributed by atoms with van der Waals surface area (Å²) in [5, 5.41) is 3.27. The van der Waals surface area contributed by atoms with Gasteiger partial charge in [-0.2, -0.15) is 0 Å². The first-order chi connectivity index (χ1) is 8.63. The lowest BCUT2D eigenvalue weighted by Crippen LogP contribution is -2.20. The third-order valence-electron chi connectivity index (χ3n) is 2.30. The molecule has 0 bridgehead atoms. The number of nitrogens with two attached hydrogens (primary N) is 1. The van der Waals surface area contributed by atoms with Crippen molar-refractivity contribution in [3.63, 3.8) is 0 Å². The maximum absolute atomic E-state index is 11.8. The van der Waals surface area contributed by atoms with E-state index in [1.165, 1.54) is 11.3 Å². The Balaban J connectivity index is 2.56. The number of thiophene rings is 1. The van der Waals surface area contributed by atoms with Crippen molar-refractivity contribution in [2.75, 3.05) is 11.9 Å². The summed E-state index contributed by atoms with van der Waals surface area (Å²) in [6, 6.07) is 6.68. The number of carbonyl (C=O) groups is 2. The van der Waals surface area contributed by atoms with Crippen LogP contribution in [-0.4, -0.2) is 18.6 Å². The van der Waals surface area contributed by atoms with Crippen molar-refractivity contribution in [2.24, 2.45) is 5.73 Å². The molecule has 1 heterocycles. The van der Waals surface area contributed by atoms with Crippen LogP contribution in [0.2, 0.25) is 0 Å². The van der Waals surface area contributed by atoms with Crippen LogP contribution in [0.25, 0.3) is 10.1 Å². The molecule has 0 atom stereocenters. The van der Waals surface area contributed by atoms with E-state index in [0.29, 0.717) is 10.6 Å². The lowest BCUT2D eigenvalue weighted by Gasteiger charge is -2.04. The highest BCUT2D eigenvalue weighted by Gasteiger charge is 2.20. The topological polar surface area (TPSA) is 81.4 Å². The highest BCUT2D eigenvalue weighted by Crippen LogP contribution is 2.36. The van der Waals surface area contributed by atoms with Gasteiger partial charge in [-0.05, 0) is 13.0 Å². The molecule has 2 aromatic rings. The van der Waals surface area contributed by atoms with Gasteiger partial charge in [-0.3, -0.25) is 0 Å². The SMILES string of the molecule is CCOC(=O)c1sc2ccccc2c1NC(N)=O. The van der Waals surface area contributed by atoms with E-state index in [-0.39, 0.29) is 6.61 Å². The number of amides is 2. The van der Waals surface area contributed by atoms with Crippen LogP contribution in [0.15, 0.2) is 24.3 Å². The van der Waals surface area contributed by atoms with Gasteiger partial charge in [-0.25, -0.2) is 9.59 Å². The summed E-state index contributed by atoms with van der Waals surface area (Å²) in [5.41, 5.74) is 5.54. The zero-order chi connectivity index (χ0) is 13.1. The van der Waals surface area contributed by atoms with E-state index in [1.807, 2.05) is 24.3 Å². The summed E-state index contributed by atoms with van der Waals surface area (Å²) in [6.45, 7) is 2.01. The molecule has 2 amide bonds. The van der Waals surface area contributed by atoms with Crippen LogP contribution in [0.5, 0.6) is 0 Å².